The summed E-state index contributed by atoms with van der Waals surface area (Å²) in [5, 5.41) is 10.8. The molecule has 0 radical (unpaired) electrons. The largest absolute Gasteiger partial charge is 0.380 e. The summed E-state index contributed by atoms with van der Waals surface area (Å²) >= 11 is 0. The SMILES string of the molecule is COC1CCC(NC2CC(F)CC(F)C2)NC1C1OC1NC1(C)CCCC1. The molecular formula is C20H35F2N3O2. The molecule has 4 aliphatic rings. The van der Waals surface area contributed by atoms with Crippen LogP contribution in [0.1, 0.15) is 64.7 Å². The first kappa shape index (κ1) is 20.0. The van der Waals surface area contributed by atoms with Gasteiger partial charge in [-0.3, -0.25) is 16.0 Å². The van der Waals surface area contributed by atoms with E-state index in [1.165, 1.54) is 25.7 Å². The van der Waals surface area contributed by atoms with Crippen LogP contribution in [0.15, 0.2) is 0 Å². The van der Waals surface area contributed by atoms with Crippen LogP contribution in [-0.2, 0) is 9.47 Å². The Bertz CT molecular complexity index is 496. The van der Waals surface area contributed by atoms with E-state index in [1.807, 2.05) is 0 Å². The molecule has 7 heteroatoms. The zero-order valence-electron chi connectivity index (χ0n) is 16.6. The number of methoxy groups -OCH3 is 1. The van der Waals surface area contributed by atoms with Crippen molar-refractivity contribution in [3.63, 3.8) is 0 Å². The molecule has 3 N–H and O–H groups in total. The third-order valence-corrected chi connectivity index (χ3v) is 6.94. The van der Waals surface area contributed by atoms with Gasteiger partial charge in [0, 0.05) is 25.1 Å². The molecule has 7 atom stereocenters. The smallest absolute Gasteiger partial charge is 0.137 e. The minimum absolute atomic E-state index is 0.0483. The second kappa shape index (κ2) is 8.19. The van der Waals surface area contributed by atoms with Crippen LogP contribution in [-0.4, -0.2) is 61.7 Å². The molecule has 156 valence electrons. The van der Waals surface area contributed by atoms with E-state index in [1.54, 1.807) is 7.11 Å². The normalized spacial score (nSPS) is 47.1. The fourth-order valence-electron chi connectivity index (χ4n) is 5.40. The molecule has 0 aromatic rings. The van der Waals surface area contributed by atoms with Gasteiger partial charge in [0.05, 0.1) is 18.3 Å². The Labute approximate surface area is 161 Å². The van der Waals surface area contributed by atoms with Gasteiger partial charge in [0.25, 0.3) is 0 Å². The van der Waals surface area contributed by atoms with Crippen molar-refractivity contribution in [3.8, 4) is 0 Å². The maximum Gasteiger partial charge on any atom is 0.137 e. The van der Waals surface area contributed by atoms with Crippen molar-refractivity contribution in [1.82, 2.24) is 16.0 Å². The van der Waals surface area contributed by atoms with Crippen molar-refractivity contribution in [3.05, 3.63) is 0 Å². The summed E-state index contributed by atoms with van der Waals surface area (Å²) in [6.45, 7) is 2.29. The Balaban J connectivity index is 1.31. The standard InChI is InChI=1S/C20H35F2N3O2/c1-20(7-3-4-8-20)25-19-18(27-19)17-15(26-2)5-6-16(24-17)23-14-10-12(21)9-13(22)11-14/h12-19,23-25H,3-11H2,1-2H3. The van der Waals surface area contributed by atoms with Crippen LogP contribution >= 0.6 is 0 Å². The van der Waals surface area contributed by atoms with Crippen LogP contribution in [0.25, 0.3) is 0 Å². The number of alkyl halides is 2. The van der Waals surface area contributed by atoms with Crippen molar-refractivity contribution in [2.45, 2.75) is 119 Å². The molecule has 2 aliphatic carbocycles. The Morgan fingerprint density at radius 2 is 1.78 bits per heavy atom. The Kier molecular flexibility index (Phi) is 6.05. The molecule has 7 unspecified atom stereocenters. The van der Waals surface area contributed by atoms with Gasteiger partial charge >= 0.3 is 0 Å². The predicted molar refractivity (Wildman–Crippen MR) is 100.0 cm³/mol. The molecule has 2 saturated carbocycles. The van der Waals surface area contributed by atoms with E-state index in [0.717, 1.165) is 12.8 Å². The Hall–Kier alpha value is -0.340. The Morgan fingerprint density at radius 3 is 2.44 bits per heavy atom. The fourth-order valence-corrected chi connectivity index (χ4v) is 5.40. The zero-order chi connectivity index (χ0) is 19.0. The van der Waals surface area contributed by atoms with Crippen LogP contribution in [0.3, 0.4) is 0 Å². The van der Waals surface area contributed by atoms with Crippen LogP contribution in [0.4, 0.5) is 8.78 Å². The summed E-state index contributed by atoms with van der Waals surface area (Å²) in [7, 11) is 1.75. The third-order valence-electron chi connectivity index (χ3n) is 6.94. The first-order chi connectivity index (χ1) is 13.0. The van der Waals surface area contributed by atoms with Crippen molar-refractivity contribution in [1.29, 1.82) is 0 Å². The molecule has 0 amide bonds. The molecule has 2 heterocycles. The minimum Gasteiger partial charge on any atom is -0.380 e. The van der Waals surface area contributed by atoms with Gasteiger partial charge in [0.2, 0.25) is 0 Å². The molecule has 27 heavy (non-hydrogen) atoms. The predicted octanol–water partition coefficient (Wildman–Crippen LogP) is 2.54. The number of halogens is 2. The van der Waals surface area contributed by atoms with Gasteiger partial charge in [0.1, 0.15) is 24.7 Å². The van der Waals surface area contributed by atoms with Crippen molar-refractivity contribution >= 4 is 0 Å². The summed E-state index contributed by atoms with van der Waals surface area (Å²) in [5.41, 5.74) is 0.183. The second-order valence-electron chi connectivity index (χ2n) is 9.30. The first-order valence-electron chi connectivity index (χ1n) is 10.7. The molecule has 4 fully saturated rings. The van der Waals surface area contributed by atoms with Crippen molar-refractivity contribution in [2.75, 3.05) is 7.11 Å². The molecule has 0 spiro atoms. The van der Waals surface area contributed by atoms with E-state index in [-0.39, 0.29) is 48.6 Å². The lowest BCUT2D eigenvalue weighted by molar-refractivity contribution is 0.0152. The summed E-state index contributed by atoms with van der Waals surface area (Å²) < 4.78 is 39.1. The van der Waals surface area contributed by atoms with Gasteiger partial charge in [-0.1, -0.05) is 12.8 Å². The number of rotatable bonds is 6. The molecular weight excluding hydrogens is 352 g/mol. The number of epoxide rings is 1. The average molecular weight is 388 g/mol. The summed E-state index contributed by atoms with van der Waals surface area (Å²) in [6.07, 6.45) is 5.86. The topological polar surface area (TPSA) is 57.9 Å². The van der Waals surface area contributed by atoms with E-state index in [2.05, 4.69) is 22.9 Å². The lowest BCUT2D eigenvalue weighted by atomic mass is 9.90. The van der Waals surface area contributed by atoms with Crippen LogP contribution in [0, 0.1) is 0 Å². The van der Waals surface area contributed by atoms with E-state index in [4.69, 9.17) is 9.47 Å². The fraction of sp³-hybridized carbons (Fsp3) is 1.00. The minimum atomic E-state index is -1.04. The van der Waals surface area contributed by atoms with E-state index >= 15 is 0 Å². The molecule has 0 aromatic heterocycles. The lowest BCUT2D eigenvalue weighted by Crippen LogP contribution is -2.61. The molecule has 5 nitrogen and oxygen atoms in total. The summed E-state index contributed by atoms with van der Waals surface area (Å²) in [5.74, 6) is 0. The molecule has 2 saturated heterocycles. The van der Waals surface area contributed by atoms with Gasteiger partial charge in [-0.05, 0) is 45.4 Å². The highest BCUT2D eigenvalue weighted by molar-refractivity contribution is 5.04. The van der Waals surface area contributed by atoms with Crippen LogP contribution in [0.2, 0.25) is 0 Å². The lowest BCUT2D eigenvalue weighted by Gasteiger charge is -2.39. The highest BCUT2D eigenvalue weighted by atomic mass is 19.1. The number of piperidine rings is 1. The number of ether oxygens (including phenoxy) is 2. The van der Waals surface area contributed by atoms with Crippen molar-refractivity contribution < 1.29 is 18.3 Å². The first-order valence-corrected chi connectivity index (χ1v) is 10.7. The van der Waals surface area contributed by atoms with E-state index in [0.29, 0.717) is 12.8 Å². The third kappa shape index (κ3) is 4.81. The quantitative estimate of drug-likeness (QED) is 0.612. The number of nitrogens with one attached hydrogen (secondary N) is 3. The molecule has 0 aromatic carbocycles. The second-order valence-corrected chi connectivity index (χ2v) is 9.30. The van der Waals surface area contributed by atoms with Crippen molar-refractivity contribution in [2.24, 2.45) is 0 Å². The molecule has 0 bridgehead atoms. The van der Waals surface area contributed by atoms with Gasteiger partial charge in [-0.2, -0.15) is 0 Å². The number of hydrogen-bond acceptors (Lipinski definition) is 5. The average Bonchev–Trinajstić information content (AvgIpc) is 3.23. The maximum atomic E-state index is 13.7. The monoisotopic (exact) mass is 387 g/mol. The van der Waals surface area contributed by atoms with E-state index in [9.17, 15) is 8.78 Å². The van der Waals surface area contributed by atoms with Gasteiger partial charge < -0.3 is 9.47 Å². The van der Waals surface area contributed by atoms with Crippen LogP contribution < -0.4 is 16.0 Å². The maximum absolute atomic E-state index is 13.7. The van der Waals surface area contributed by atoms with E-state index < -0.39 is 12.3 Å². The highest BCUT2D eigenvalue weighted by Crippen LogP contribution is 2.36. The summed E-state index contributed by atoms with van der Waals surface area (Å²) in [6, 6.07) is -0.0119. The number of hydrogen-bond donors (Lipinski definition) is 3. The van der Waals surface area contributed by atoms with Gasteiger partial charge in [0.15, 0.2) is 0 Å². The van der Waals surface area contributed by atoms with Crippen LogP contribution in [0.5, 0.6) is 0 Å². The highest BCUT2D eigenvalue weighted by Gasteiger charge is 2.52. The summed E-state index contributed by atoms with van der Waals surface area (Å²) in [4.78, 5) is 0. The molecule has 4 rings (SSSR count). The molecule has 2 aliphatic heterocycles. The van der Waals surface area contributed by atoms with Gasteiger partial charge in [-0.25, -0.2) is 8.78 Å². The zero-order valence-corrected chi connectivity index (χ0v) is 16.6. The van der Waals surface area contributed by atoms with Gasteiger partial charge in [-0.15, -0.1) is 0 Å². The Morgan fingerprint density at radius 1 is 1.07 bits per heavy atom.